The van der Waals surface area contributed by atoms with Crippen LogP contribution < -0.4 is 0 Å². The second kappa shape index (κ2) is 5.30. The highest BCUT2D eigenvalue weighted by Crippen LogP contribution is 2.56. The van der Waals surface area contributed by atoms with E-state index in [1.807, 2.05) is 18.2 Å². The van der Waals surface area contributed by atoms with E-state index in [9.17, 15) is 4.79 Å². The first-order valence-electron chi connectivity index (χ1n) is 8.77. The van der Waals surface area contributed by atoms with Crippen molar-refractivity contribution in [1.29, 1.82) is 0 Å². The molecule has 3 nitrogen and oxygen atoms in total. The number of ether oxygens (including phenoxy) is 1. The van der Waals surface area contributed by atoms with Gasteiger partial charge in [-0.1, -0.05) is 12.1 Å². The number of hydrogen-bond acceptors (Lipinski definition) is 4. The third-order valence-corrected chi connectivity index (χ3v) is 7.18. The molecule has 6 rings (SSSR count). The normalized spacial score (nSPS) is 34.9. The Kier molecular flexibility index (Phi) is 3.22. The predicted octanol–water partition coefficient (Wildman–Crippen LogP) is 4.41. The van der Waals surface area contributed by atoms with Gasteiger partial charge in [-0.05, 0) is 67.9 Å². The molecular formula is C19H21NO2S. The maximum atomic E-state index is 12.7. The van der Waals surface area contributed by atoms with Gasteiger partial charge in [0, 0.05) is 0 Å². The summed E-state index contributed by atoms with van der Waals surface area (Å²) < 4.78 is 6.85. The first-order chi connectivity index (χ1) is 11.3. The van der Waals surface area contributed by atoms with Crippen LogP contribution >= 0.6 is 11.3 Å². The first-order valence-corrected chi connectivity index (χ1v) is 9.59. The quantitative estimate of drug-likeness (QED) is 0.784. The zero-order valence-corrected chi connectivity index (χ0v) is 13.9. The highest BCUT2D eigenvalue weighted by atomic mass is 32.1. The highest BCUT2D eigenvalue weighted by Gasteiger charge is 2.51. The van der Waals surface area contributed by atoms with E-state index in [0.717, 1.165) is 27.1 Å². The second-order valence-electron chi connectivity index (χ2n) is 7.64. The molecule has 0 saturated heterocycles. The van der Waals surface area contributed by atoms with E-state index >= 15 is 0 Å². The minimum absolute atomic E-state index is 0.0399. The number of hydrogen-bond donors (Lipinski definition) is 0. The molecule has 4 saturated carbocycles. The van der Waals surface area contributed by atoms with E-state index in [1.54, 1.807) is 11.3 Å². The smallest absolute Gasteiger partial charge is 0.309 e. The molecule has 4 aliphatic rings. The van der Waals surface area contributed by atoms with Gasteiger partial charge in [-0.15, -0.1) is 11.3 Å². The van der Waals surface area contributed by atoms with Gasteiger partial charge in [-0.25, -0.2) is 4.98 Å². The van der Waals surface area contributed by atoms with E-state index in [-0.39, 0.29) is 11.9 Å². The topological polar surface area (TPSA) is 39.2 Å². The third-order valence-electron chi connectivity index (χ3n) is 6.17. The van der Waals surface area contributed by atoms with E-state index < -0.39 is 0 Å². The molecule has 0 spiro atoms. The summed E-state index contributed by atoms with van der Waals surface area (Å²) in [7, 11) is 0. The van der Waals surface area contributed by atoms with Crippen LogP contribution in [0.2, 0.25) is 0 Å². The van der Waals surface area contributed by atoms with E-state index in [2.05, 4.69) is 11.1 Å². The van der Waals surface area contributed by atoms with E-state index in [4.69, 9.17) is 4.74 Å². The number of aromatic nitrogens is 1. The largest absolute Gasteiger partial charge is 0.458 e. The van der Waals surface area contributed by atoms with Crippen molar-refractivity contribution >= 4 is 27.5 Å². The number of fused-ring (bicyclic) bond motifs is 1. The predicted molar refractivity (Wildman–Crippen MR) is 90.0 cm³/mol. The summed E-state index contributed by atoms with van der Waals surface area (Å²) in [5, 5.41) is 0.906. The average Bonchev–Trinajstić information content (AvgIpc) is 2.95. The summed E-state index contributed by atoms with van der Waals surface area (Å²) in [4.78, 5) is 17.2. The number of esters is 1. The van der Waals surface area contributed by atoms with Crippen molar-refractivity contribution in [3.8, 4) is 0 Å². The van der Waals surface area contributed by atoms with Crippen LogP contribution in [0.5, 0.6) is 0 Å². The summed E-state index contributed by atoms with van der Waals surface area (Å²) >= 11 is 1.63. The summed E-state index contributed by atoms with van der Waals surface area (Å²) in [6.45, 7) is 0.334. The Bertz CT molecular complexity index is 692. The molecule has 4 fully saturated rings. The van der Waals surface area contributed by atoms with Crippen LogP contribution in [0.1, 0.15) is 37.1 Å². The Morgan fingerprint density at radius 3 is 2.48 bits per heavy atom. The highest BCUT2D eigenvalue weighted by molar-refractivity contribution is 7.18. The Morgan fingerprint density at radius 1 is 1.09 bits per heavy atom. The monoisotopic (exact) mass is 327 g/mol. The molecule has 4 bridgehead atoms. The fourth-order valence-corrected chi connectivity index (χ4v) is 6.40. The van der Waals surface area contributed by atoms with Crippen LogP contribution in [0.25, 0.3) is 10.2 Å². The minimum atomic E-state index is 0.0399. The molecule has 1 aromatic carbocycles. The number of carbonyl (C=O) groups is 1. The molecule has 4 heteroatoms. The number of para-hydroxylation sites is 1. The van der Waals surface area contributed by atoms with E-state index in [0.29, 0.717) is 18.4 Å². The van der Waals surface area contributed by atoms with Crippen LogP contribution in [-0.4, -0.2) is 11.0 Å². The van der Waals surface area contributed by atoms with Gasteiger partial charge < -0.3 is 4.74 Å². The van der Waals surface area contributed by atoms with Gasteiger partial charge >= 0.3 is 5.97 Å². The molecule has 1 aromatic heterocycles. The zero-order chi connectivity index (χ0) is 15.4. The van der Waals surface area contributed by atoms with Gasteiger partial charge in [0.25, 0.3) is 0 Å². The first kappa shape index (κ1) is 14.0. The Hall–Kier alpha value is -1.42. The standard InChI is InChI=1S/C19H21NO2S/c21-19(18-13-6-11-5-12(8-13)9-14(18)7-11)22-10-17-20-15-3-1-2-4-16(15)23-17/h1-4,11-14,18H,5-10H2. The molecule has 1 heterocycles. The lowest BCUT2D eigenvalue weighted by Gasteiger charge is -2.53. The fraction of sp³-hybridized carbons (Fsp3) is 0.579. The molecule has 0 N–H and O–H groups in total. The van der Waals surface area contributed by atoms with Crippen molar-refractivity contribution in [2.24, 2.45) is 29.6 Å². The lowest BCUT2D eigenvalue weighted by atomic mass is 9.52. The van der Waals surface area contributed by atoms with Crippen molar-refractivity contribution in [3.63, 3.8) is 0 Å². The molecule has 4 aliphatic carbocycles. The van der Waals surface area contributed by atoms with Crippen LogP contribution in [0.15, 0.2) is 24.3 Å². The summed E-state index contributed by atoms with van der Waals surface area (Å²) in [5.41, 5.74) is 0.998. The zero-order valence-electron chi connectivity index (χ0n) is 13.1. The Balaban J connectivity index is 1.28. The molecule has 120 valence electrons. The van der Waals surface area contributed by atoms with Crippen molar-refractivity contribution < 1.29 is 9.53 Å². The van der Waals surface area contributed by atoms with Crippen LogP contribution in [0, 0.1) is 29.6 Å². The van der Waals surface area contributed by atoms with Crippen LogP contribution in [0.3, 0.4) is 0 Å². The number of nitrogens with zero attached hydrogens (tertiary/aromatic N) is 1. The summed E-state index contributed by atoms with van der Waals surface area (Å²) in [6, 6.07) is 8.09. The van der Waals surface area contributed by atoms with Crippen molar-refractivity contribution in [1.82, 2.24) is 4.98 Å². The minimum Gasteiger partial charge on any atom is -0.458 e. The average molecular weight is 327 g/mol. The Morgan fingerprint density at radius 2 is 1.78 bits per heavy atom. The van der Waals surface area contributed by atoms with Gasteiger partial charge in [0.2, 0.25) is 0 Å². The molecule has 2 aromatic rings. The van der Waals surface area contributed by atoms with Gasteiger partial charge in [0.05, 0.1) is 16.1 Å². The molecule has 0 radical (unpaired) electrons. The van der Waals surface area contributed by atoms with Crippen molar-refractivity contribution in [2.45, 2.75) is 38.7 Å². The maximum Gasteiger partial charge on any atom is 0.309 e. The molecule has 0 aliphatic heterocycles. The SMILES string of the molecule is O=C(OCc1nc2ccccc2s1)C1C2CC3CC(C2)CC1C3. The summed E-state index contributed by atoms with van der Waals surface area (Å²) in [5.74, 6) is 3.18. The van der Waals surface area contributed by atoms with Crippen LogP contribution in [0.4, 0.5) is 0 Å². The van der Waals surface area contributed by atoms with Gasteiger partial charge in [-0.3, -0.25) is 4.79 Å². The second-order valence-corrected chi connectivity index (χ2v) is 8.75. The van der Waals surface area contributed by atoms with Gasteiger partial charge in [0.15, 0.2) is 0 Å². The lowest BCUT2D eigenvalue weighted by Crippen LogP contribution is -2.48. The number of benzene rings is 1. The number of thiazole rings is 1. The molecule has 0 amide bonds. The van der Waals surface area contributed by atoms with Gasteiger partial charge in [-0.2, -0.15) is 0 Å². The lowest BCUT2D eigenvalue weighted by molar-refractivity contribution is -0.163. The molecule has 0 unspecified atom stereocenters. The molecule has 23 heavy (non-hydrogen) atoms. The van der Waals surface area contributed by atoms with E-state index in [1.165, 1.54) is 32.1 Å². The number of carbonyl (C=O) groups excluding carboxylic acids is 1. The Labute approximate surface area is 140 Å². The summed E-state index contributed by atoms with van der Waals surface area (Å²) in [6.07, 6.45) is 6.45. The number of rotatable bonds is 3. The van der Waals surface area contributed by atoms with Crippen LogP contribution in [-0.2, 0) is 16.1 Å². The van der Waals surface area contributed by atoms with Crippen molar-refractivity contribution in [3.05, 3.63) is 29.3 Å². The molecular weight excluding hydrogens is 306 g/mol. The fourth-order valence-electron chi connectivity index (χ4n) is 5.52. The van der Waals surface area contributed by atoms with Gasteiger partial charge in [0.1, 0.15) is 11.6 Å². The third kappa shape index (κ3) is 2.38. The molecule has 0 atom stereocenters. The van der Waals surface area contributed by atoms with Crippen molar-refractivity contribution in [2.75, 3.05) is 0 Å². The maximum absolute atomic E-state index is 12.7.